The van der Waals surface area contributed by atoms with Crippen LogP contribution in [-0.2, 0) is 6.18 Å². The summed E-state index contributed by atoms with van der Waals surface area (Å²) in [6, 6.07) is 1.28. The Hall–Kier alpha value is -2.65. The Labute approximate surface area is 135 Å². The van der Waals surface area contributed by atoms with Crippen LogP contribution in [0.2, 0.25) is 0 Å². The van der Waals surface area contributed by atoms with Gasteiger partial charge in [0.1, 0.15) is 11.5 Å². The predicted molar refractivity (Wildman–Crippen MR) is 78.2 cm³/mol. The lowest BCUT2D eigenvalue weighted by atomic mass is 9.97. The maximum atomic E-state index is 12.7. The molecule has 1 fully saturated rings. The molecule has 2 N–H and O–H groups in total. The third-order valence-corrected chi connectivity index (χ3v) is 3.83. The largest absolute Gasteiger partial charge is 0.432 e. The molecule has 1 aliphatic heterocycles. The molecule has 24 heavy (non-hydrogen) atoms. The predicted octanol–water partition coefficient (Wildman–Crippen LogP) is 2.63. The molecule has 2 aromatic heterocycles. The van der Waals surface area contributed by atoms with Gasteiger partial charge in [-0.3, -0.25) is 0 Å². The monoisotopic (exact) mass is 340 g/mol. The van der Waals surface area contributed by atoms with E-state index in [1.54, 1.807) is 11.0 Å². The summed E-state index contributed by atoms with van der Waals surface area (Å²) in [6.45, 7) is 0.836. The molecule has 7 nitrogen and oxygen atoms in total. The van der Waals surface area contributed by atoms with E-state index in [1.807, 2.05) is 0 Å². The average Bonchev–Trinajstić information content (AvgIpc) is 3.06. The number of likely N-dealkylation sites (tertiary alicyclic amines) is 1. The van der Waals surface area contributed by atoms with Gasteiger partial charge in [-0.1, -0.05) is 0 Å². The lowest BCUT2D eigenvalue weighted by Gasteiger charge is -2.31. The lowest BCUT2D eigenvalue weighted by molar-refractivity contribution is -0.141. The first-order valence-electron chi connectivity index (χ1n) is 7.38. The molecule has 128 valence electrons. The van der Waals surface area contributed by atoms with Crippen molar-refractivity contribution >= 4 is 11.7 Å². The van der Waals surface area contributed by atoms with E-state index in [2.05, 4.69) is 25.5 Å². The molecule has 1 atom stereocenters. The Morgan fingerprint density at radius 2 is 2.17 bits per heavy atom. The van der Waals surface area contributed by atoms with E-state index >= 15 is 0 Å². The van der Waals surface area contributed by atoms with Crippen molar-refractivity contribution < 1.29 is 18.0 Å². The van der Waals surface area contributed by atoms with Gasteiger partial charge in [-0.05, 0) is 18.9 Å². The number of H-pyrrole nitrogens is 1. The van der Waals surface area contributed by atoms with Crippen LogP contribution in [0.25, 0.3) is 0 Å². The number of amides is 2. The molecular formula is C14H15F3N6O. The number of carbonyl (C=O) groups excluding carboxylic acids is 1. The van der Waals surface area contributed by atoms with E-state index in [0.717, 1.165) is 6.20 Å². The van der Waals surface area contributed by atoms with Crippen molar-refractivity contribution in [3.05, 3.63) is 36.2 Å². The number of carbonyl (C=O) groups is 1. The molecular weight excluding hydrogens is 325 g/mol. The van der Waals surface area contributed by atoms with Gasteiger partial charge in [0.2, 0.25) is 0 Å². The molecule has 2 amide bonds. The van der Waals surface area contributed by atoms with Gasteiger partial charge in [0.05, 0.1) is 24.3 Å². The highest BCUT2D eigenvalue weighted by Crippen LogP contribution is 2.31. The number of aromatic nitrogens is 4. The molecule has 3 heterocycles. The second-order valence-corrected chi connectivity index (χ2v) is 5.53. The minimum Gasteiger partial charge on any atom is -0.338 e. The molecule has 1 saturated heterocycles. The Bertz CT molecular complexity index is 702. The minimum atomic E-state index is -4.45. The number of rotatable bonds is 2. The minimum absolute atomic E-state index is 0.254. The van der Waals surface area contributed by atoms with Crippen LogP contribution in [0, 0.1) is 0 Å². The molecule has 0 saturated carbocycles. The number of hydrogen-bond acceptors (Lipinski definition) is 4. The quantitative estimate of drug-likeness (QED) is 0.880. The standard InChI is InChI=1S/C14H15F3N6O/c15-14(16,17)11-7-18-12(22-11)9-2-1-5-23(8-9)13(24)21-10-3-4-19-20-6-10/h3-4,6-7,9H,1-2,5,8H2,(H,18,22)(H,19,21,24). The average molecular weight is 340 g/mol. The van der Waals surface area contributed by atoms with Gasteiger partial charge in [0.15, 0.2) is 0 Å². The normalized spacial score (nSPS) is 18.5. The maximum absolute atomic E-state index is 12.7. The number of piperidine rings is 1. The van der Waals surface area contributed by atoms with Crippen LogP contribution in [-0.4, -0.2) is 44.2 Å². The van der Waals surface area contributed by atoms with E-state index in [1.165, 1.54) is 12.4 Å². The summed E-state index contributed by atoms with van der Waals surface area (Å²) in [5.41, 5.74) is -0.364. The smallest absolute Gasteiger partial charge is 0.338 e. The number of imidazole rings is 1. The molecule has 2 aromatic rings. The molecule has 0 bridgehead atoms. The molecule has 0 aromatic carbocycles. The number of nitrogens with zero attached hydrogens (tertiary/aromatic N) is 4. The third kappa shape index (κ3) is 3.63. The Balaban J connectivity index is 1.66. The second kappa shape index (κ2) is 6.46. The Morgan fingerprint density at radius 1 is 1.33 bits per heavy atom. The Kier molecular flexibility index (Phi) is 4.36. The second-order valence-electron chi connectivity index (χ2n) is 5.53. The number of anilines is 1. The fourth-order valence-electron chi connectivity index (χ4n) is 2.64. The molecule has 1 aliphatic rings. The van der Waals surface area contributed by atoms with Gasteiger partial charge in [-0.2, -0.15) is 23.4 Å². The number of urea groups is 1. The summed E-state index contributed by atoms with van der Waals surface area (Å²) in [6.07, 6.45) is 0.569. The van der Waals surface area contributed by atoms with Crippen molar-refractivity contribution in [2.45, 2.75) is 24.9 Å². The van der Waals surface area contributed by atoms with Crippen LogP contribution in [0.5, 0.6) is 0 Å². The molecule has 3 rings (SSSR count). The van der Waals surface area contributed by atoms with Crippen molar-refractivity contribution in [3.8, 4) is 0 Å². The van der Waals surface area contributed by atoms with Gasteiger partial charge in [-0.15, -0.1) is 0 Å². The third-order valence-electron chi connectivity index (χ3n) is 3.83. The van der Waals surface area contributed by atoms with Crippen LogP contribution in [0.3, 0.4) is 0 Å². The van der Waals surface area contributed by atoms with E-state index in [0.29, 0.717) is 31.6 Å². The fraction of sp³-hybridized carbons (Fsp3) is 0.429. The molecule has 0 aliphatic carbocycles. The highest BCUT2D eigenvalue weighted by atomic mass is 19.4. The number of nitrogens with one attached hydrogen (secondary N) is 2. The van der Waals surface area contributed by atoms with Crippen LogP contribution >= 0.6 is 0 Å². The SMILES string of the molecule is O=C(Nc1ccnnc1)N1CCCC(c2ncc(C(F)(F)F)[nH]2)C1. The van der Waals surface area contributed by atoms with Gasteiger partial charge in [0, 0.05) is 19.0 Å². The van der Waals surface area contributed by atoms with Gasteiger partial charge < -0.3 is 15.2 Å². The summed E-state index contributed by atoms with van der Waals surface area (Å²) in [5, 5.41) is 9.97. The maximum Gasteiger partial charge on any atom is 0.432 e. The topological polar surface area (TPSA) is 86.8 Å². The number of hydrogen-bond donors (Lipinski definition) is 2. The highest BCUT2D eigenvalue weighted by Gasteiger charge is 2.34. The summed E-state index contributed by atoms with van der Waals surface area (Å²) in [5.74, 6) is 0.00145. The fourth-order valence-corrected chi connectivity index (χ4v) is 2.64. The molecule has 0 radical (unpaired) electrons. The number of halogens is 3. The van der Waals surface area contributed by atoms with E-state index in [-0.39, 0.29) is 17.8 Å². The van der Waals surface area contributed by atoms with Gasteiger partial charge in [0.25, 0.3) is 0 Å². The summed E-state index contributed by atoms with van der Waals surface area (Å²) in [4.78, 5) is 20.0. The highest BCUT2D eigenvalue weighted by molar-refractivity contribution is 5.89. The zero-order valence-electron chi connectivity index (χ0n) is 12.5. The summed E-state index contributed by atoms with van der Waals surface area (Å²) >= 11 is 0. The van der Waals surface area contributed by atoms with Crippen molar-refractivity contribution in [1.29, 1.82) is 0 Å². The first kappa shape index (κ1) is 16.2. The van der Waals surface area contributed by atoms with Crippen LogP contribution < -0.4 is 5.32 Å². The van der Waals surface area contributed by atoms with Gasteiger partial charge in [-0.25, -0.2) is 9.78 Å². The first-order valence-corrected chi connectivity index (χ1v) is 7.38. The zero-order chi connectivity index (χ0) is 17.2. The Morgan fingerprint density at radius 3 is 2.83 bits per heavy atom. The summed E-state index contributed by atoms with van der Waals surface area (Å²) in [7, 11) is 0. The molecule has 1 unspecified atom stereocenters. The van der Waals surface area contributed by atoms with Crippen molar-refractivity contribution in [1.82, 2.24) is 25.1 Å². The van der Waals surface area contributed by atoms with Gasteiger partial charge >= 0.3 is 12.2 Å². The van der Waals surface area contributed by atoms with E-state index < -0.39 is 11.9 Å². The van der Waals surface area contributed by atoms with Crippen LogP contribution in [0.1, 0.15) is 30.3 Å². The number of alkyl halides is 3. The van der Waals surface area contributed by atoms with Crippen molar-refractivity contribution in [3.63, 3.8) is 0 Å². The first-order chi connectivity index (χ1) is 11.4. The molecule has 10 heteroatoms. The lowest BCUT2D eigenvalue weighted by Crippen LogP contribution is -2.41. The van der Waals surface area contributed by atoms with E-state index in [4.69, 9.17) is 0 Å². The molecule has 0 spiro atoms. The zero-order valence-corrected chi connectivity index (χ0v) is 12.5. The summed E-state index contributed by atoms with van der Waals surface area (Å²) < 4.78 is 38.0. The van der Waals surface area contributed by atoms with E-state index in [9.17, 15) is 18.0 Å². The number of aromatic amines is 1. The van der Waals surface area contributed by atoms with Crippen molar-refractivity contribution in [2.24, 2.45) is 0 Å². The van der Waals surface area contributed by atoms with Crippen LogP contribution in [0.15, 0.2) is 24.7 Å². The van der Waals surface area contributed by atoms with Crippen molar-refractivity contribution in [2.75, 3.05) is 18.4 Å². The van der Waals surface area contributed by atoms with Crippen LogP contribution in [0.4, 0.5) is 23.7 Å².